The SMILES string of the molecule is Cc1nc(N[C@H]2C[C@@H](CN3Cc4nc(C(F)(F)F)ccc4C3=O)C2)nc2c1NC(=O)C(C(C)C)N2C. The number of likely N-dealkylation sites (N-methyl/N-ethyl adjacent to an activating group) is 1. The van der Waals surface area contributed by atoms with Gasteiger partial charge in [0.25, 0.3) is 5.91 Å². The predicted octanol–water partition coefficient (Wildman–Crippen LogP) is 3.46. The zero-order chi connectivity index (χ0) is 25.9. The van der Waals surface area contributed by atoms with Crippen LogP contribution in [0.2, 0.25) is 0 Å². The molecule has 192 valence electrons. The first-order valence-corrected chi connectivity index (χ1v) is 12.0. The summed E-state index contributed by atoms with van der Waals surface area (Å²) in [4.78, 5) is 41.5. The van der Waals surface area contributed by atoms with Crippen LogP contribution >= 0.6 is 0 Å². The van der Waals surface area contributed by atoms with E-state index in [2.05, 4.69) is 25.6 Å². The highest BCUT2D eigenvalue weighted by Crippen LogP contribution is 2.37. The van der Waals surface area contributed by atoms with Crippen molar-refractivity contribution in [3.8, 4) is 0 Å². The molecule has 0 aromatic carbocycles. The van der Waals surface area contributed by atoms with Crippen molar-refractivity contribution in [1.29, 1.82) is 0 Å². The Morgan fingerprint density at radius 3 is 2.56 bits per heavy atom. The molecule has 1 atom stereocenters. The standard InChI is InChI=1S/C24H28F3N7O2/c1-11(2)19-21(35)31-18-12(3)28-23(32-20(18)33(19)4)29-14-7-13(8-14)9-34-10-16-15(22(34)36)5-6-17(30-16)24(25,26)27/h5-6,11,13-14,19H,7-10H2,1-4H3,(H,31,35)(H,28,29,32)/t13-,14+,19?. The fourth-order valence-corrected chi connectivity index (χ4v) is 5.32. The zero-order valence-corrected chi connectivity index (χ0v) is 20.5. The number of aryl methyl sites for hydroxylation is 1. The second kappa shape index (κ2) is 8.59. The minimum atomic E-state index is -4.54. The summed E-state index contributed by atoms with van der Waals surface area (Å²) in [6.07, 6.45) is -2.98. The van der Waals surface area contributed by atoms with Crippen LogP contribution in [0.1, 0.15) is 54.1 Å². The van der Waals surface area contributed by atoms with Gasteiger partial charge in [0.15, 0.2) is 5.82 Å². The fourth-order valence-electron chi connectivity index (χ4n) is 5.32. The molecule has 1 fully saturated rings. The van der Waals surface area contributed by atoms with Crippen LogP contribution in [0.4, 0.5) is 30.6 Å². The molecule has 0 radical (unpaired) electrons. The molecule has 36 heavy (non-hydrogen) atoms. The number of halogens is 3. The zero-order valence-electron chi connectivity index (χ0n) is 20.5. The first-order valence-electron chi connectivity index (χ1n) is 12.0. The molecule has 1 saturated carbocycles. The maximum atomic E-state index is 13.0. The Morgan fingerprint density at radius 1 is 1.17 bits per heavy atom. The minimum Gasteiger partial charge on any atom is -0.351 e. The van der Waals surface area contributed by atoms with Crippen molar-refractivity contribution in [2.75, 3.05) is 29.1 Å². The number of nitrogens with one attached hydrogen (secondary N) is 2. The van der Waals surface area contributed by atoms with Gasteiger partial charge in [0.2, 0.25) is 11.9 Å². The Morgan fingerprint density at radius 2 is 1.89 bits per heavy atom. The summed E-state index contributed by atoms with van der Waals surface area (Å²) in [6, 6.07) is 1.87. The van der Waals surface area contributed by atoms with Crippen molar-refractivity contribution in [3.63, 3.8) is 0 Å². The van der Waals surface area contributed by atoms with Gasteiger partial charge in [0, 0.05) is 19.6 Å². The highest BCUT2D eigenvalue weighted by molar-refractivity contribution is 6.03. The number of carbonyl (C=O) groups excluding carboxylic acids is 2. The molecular formula is C24H28F3N7O2. The van der Waals surface area contributed by atoms with Crippen molar-refractivity contribution in [2.24, 2.45) is 11.8 Å². The molecule has 3 aliphatic rings. The second-order valence-electron chi connectivity index (χ2n) is 10.2. The first kappa shape index (κ1) is 24.3. The van der Waals surface area contributed by atoms with Crippen molar-refractivity contribution in [1.82, 2.24) is 19.9 Å². The van der Waals surface area contributed by atoms with Gasteiger partial charge < -0.3 is 20.4 Å². The molecule has 0 saturated heterocycles. The lowest BCUT2D eigenvalue weighted by Gasteiger charge is -2.39. The van der Waals surface area contributed by atoms with Gasteiger partial charge in [-0.1, -0.05) is 13.8 Å². The lowest BCUT2D eigenvalue weighted by molar-refractivity contribution is -0.141. The summed E-state index contributed by atoms with van der Waals surface area (Å²) in [5, 5.41) is 6.28. The summed E-state index contributed by atoms with van der Waals surface area (Å²) < 4.78 is 38.9. The Labute approximate surface area is 206 Å². The van der Waals surface area contributed by atoms with E-state index in [9.17, 15) is 22.8 Å². The highest BCUT2D eigenvalue weighted by atomic mass is 19.4. The Kier molecular flexibility index (Phi) is 5.79. The van der Waals surface area contributed by atoms with E-state index in [1.54, 1.807) is 4.90 Å². The third kappa shape index (κ3) is 4.22. The molecule has 1 unspecified atom stereocenters. The Balaban J connectivity index is 1.20. The topological polar surface area (TPSA) is 103 Å². The molecule has 2 aromatic heterocycles. The molecule has 2 aliphatic heterocycles. The number of pyridine rings is 1. The number of hydrogen-bond acceptors (Lipinski definition) is 7. The van der Waals surface area contributed by atoms with Crippen LogP contribution in [0.25, 0.3) is 0 Å². The monoisotopic (exact) mass is 503 g/mol. The van der Waals surface area contributed by atoms with Gasteiger partial charge in [-0.25, -0.2) is 9.97 Å². The van der Waals surface area contributed by atoms with Crippen molar-refractivity contribution in [3.05, 3.63) is 34.8 Å². The average Bonchev–Trinajstić information content (AvgIpc) is 3.07. The molecule has 9 nitrogen and oxygen atoms in total. The van der Waals surface area contributed by atoms with Gasteiger partial charge >= 0.3 is 6.18 Å². The molecule has 2 N–H and O–H groups in total. The van der Waals surface area contributed by atoms with Crippen molar-refractivity contribution >= 4 is 29.3 Å². The van der Waals surface area contributed by atoms with Crippen LogP contribution in [-0.4, -0.2) is 57.3 Å². The molecule has 2 amide bonds. The number of amides is 2. The predicted molar refractivity (Wildman–Crippen MR) is 127 cm³/mol. The van der Waals surface area contributed by atoms with Gasteiger partial charge in [-0.05, 0) is 43.7 Å². The Hall–Kier alpha value is -3.44. The summed E-state index contributed by atoms with van der Waals surface area (Å²) in [6.45, 7) is 6.36. The molecule has 0 spiro atoms. The van der Waals surface area contributed by atoms with Crippen LogP contribution in [0.15, 0.2) is 12.1 Å². The quantitative estimate of drug-likeness (QED) is 0.644. The summed E-state index contributed by atoms with van der Waals surface area (Å²) in [5.74, 6) is 1.13. The van der Waals surface area contributed by atoms with E-state index in [1.807, 2.05) is 32.7 Å². The molecule has 0 bridgehead atoms. The lowest BCUT2D eigenvalue weighted by Crippen LogP contribution is -2.50. The Bertz CT molecular complexity index is 1230. The molecule has 5 rings (SSSR count). The van der Waals surface area contributed by atoms with E-state index in [0.29, 0.717) is 29.7 Å². The minimum absolute atomic E-state index is 0.0716. The van der Waals surface area contributed by atoms with E-state index in [-0.39, 0.29) is 53.5 Å². The highest BCUT2D eigenvalue weighted by Gasteiger charge is 2.39. The van der Waals surface area contributed by atoms with Crippen molar-refractivity contribution in [2.45, 2.75) is 58.4 Å². The van der Waals surface area contributed by atoms with Gasteiger partial charge in [0.05, 0.1) is 23.5 Å². The number of alkyl halides is 3. The van der Waals surface area contributed by atoms with E-state index >= 15 is 0 Å². The molecule has 4 heterocycles. The maximum Gasteiger partial charge on any atom is 0.433 e. The maximum absolute atomic E-state index is 13.0. The molecule has 12 heteroatoms. The number of nitrogens with zero attached hydrogens (tertiary/aromatic N) is 5. The number of fused-ring (bicyclic) bond motifs is 2. The normalized spacial score (nSPS) is 23.4. The van der Waals surface area contributed by atoms with Gasteiger partial charge in [-0.3, -0.25) is 9.59 Å². The second-order valence-corrected chi connectivity index (χ2v) is 10.2. The van der Waals surface area contributed by atoms with Crippen LogP contribution in [0.5, 0.6) is 0 Å². The van der Waals surface area contributed by atoms with Crippen LogP contribution < -0.4 is 15.5 Å². The molecule has 1 aliphatic carbocycles. The van der Waals surface area contributed by atoms with E-state index < -0.39 is 11.9 Å². The number of carbonyl (C=O) groups is 2. The summed E-state index contributed by atoms with van der Waals surface area (Å²) in [7, 11) is 1.86. The third-order valence-corrected chi connectivity index (χ3v) is 7.14. The van der Waals surface area contributed by atoms with Crippen LogP contribution in [0, 0.1) is 18.8 Å². The van der Waals surface area contributed by atoms with Crippen LogP contribution in [-0.2, 0) is 17.5 Å². The van der Waals surface area contributed by atoms with Crippen LogP contribution in [0.3, 0.4) is 0 Å². The van der Waals surface area contributed by atoms with Gasteiger partial charge in [-0.2, -0.15) is 18.2 Å². The molecule has 2 aromatic rings. The third-order valence-electron chi connectivity index (χ3n) is 7.14. The van der Waals surface area contributed by atoms with Gasteiger partial charge in [-0.15, -0.1) is 0 Å². The fraction of sp³-hybridized carbons (Fsp3) is 0.542. The number of hydrogen-bond donors (Lipinski definition) is 2. The largest absolute Gasteiger partial charge is 0.433 e. The summed E-state index contributed by atoms with van der Waals surface area (Å²) in [5.41, 5.74) is 0.732. The first-order chi connectivity index (χ1) is 16.9. The van der Waals surface area contributed by atoms with E-state index in [4.69, 9.17) is 0 Å². The average molecular weight is 504 g/mol. The van der Waals surface area contributed by atoms with E-state index in [1.165, 1.54) is 6.07 Å². The lowest BCUT2D eigenvalue weighted by atomic mass is 9.80. The number of rotatable bonds is 5. The number of aromatic nitrogens is 3. The number of anilines is 3. The summed E-state index contributed by atoms with van der Waals surface area (Å²) >= 11 is 0. The van der Waals surface area contributed by atoms with Crippen molar-refractivity contribution < 1.29 is 22.8 Å². The molecular weight excluding hydrogens is 475 g/mol. The smallest absolute Gasteiger partial charge is 0.351 e. The van der Waals surface area contributed by atoms with Gasteiger partial charge in [0.1, 0.15) is 17.4 Å². The van der Waals surface area contributed by atoms with E-state index in [0.717, 1.165) is 18.9 Å².